The average Bonchev–Trinajstić information content (AvgIpc) is 2.46. The third-order valence-corrected chi connectivity index (χ3v) is 3.50. The first-order chi connectivity index (χ1) is 9.66. The average molecular weight is 264 g/mol. The second-order valence-electron chi connectivity index (χ2n) is 4.94. The summed E-state index contributed by atoms with van der Waals surface area (Å²) in [5.74, 6) is 0.698. The van der Waals surface area contributed by atoms with Crippen LogP contribution in [0.15, 0.2) is 48.7 Å². The molecule has 0 radical (unpaired) electrons. The molecule has 2 aromatic carbocycles. The summed E-state index contributed by atoms with van der Waals surface area (Å²) in [6.07, 6.45) is 1.17. The van der Waals surface area contributed by atoms with Crippen LogP contribution in [0, 0.1) is 6.92 Å². The Hall–Kier alpha value is -2.26. The molecule has 20 heavy (non-hydrogen) atoms. The molecule has 1 N–H and O–H groups in total. The second-order valence-corrected chi connectivity index (χ2v) is 4.94. The second kappa shape index (κ2) is 5.02. The van der Waals surface area contributed by atoms with Crippen LogP contribution in [0.25, 0.3) is 22.2 Å². The molecule has 0 saturated heterocycles. The summed E-state index contributed by atoms with van der Waals surface area (Å²) in [5.41, 5.74) is 2.61. The van der Waals surface area contributed by atoms with E-state index in [9.17, 15) is 5.11 Å². The van der Waals surface area contributed by atoms with Crippen molar-refractivity contribution in [1.29, 1.82) is 0 Å². The molecule has 1 atom stereocenters. The van der Waals surface area contributed by atoms with Crippen molar-refractivity contribution >= 4 is 10.8 Å². The third kappa shape index (κ3) is 2.17. The first-order valence-corrected chi connectivity index (χ1v) is 6.66. The van der Waals surface area contributed by atoms with Gasteiger partial charge in [-0.25, -0.2) is 9.97 Å². The molecule has 3 aromatic rings. The minimum atomic E-state index is -0.545. The van der Waals surface area contributed by atoms with Gasteiger partial charge in [0.05, 0.1) is 6.10 Å². The highest BCUT2D eigenvalue weighted by molar-refractivity contribution is 5.94. The van der Waals surface area contributed by atoms with Crippen LogP contribution in [0.2, 0.25) is 0 Å². The first kappa shape index (κ1) is 12.8. The fourth-order valence-electron chi connectivity index (χ4n) is 2.44. The van der Waals surface area contributed by atoms with E-state index in [2.05, 4.69) is 28.2 Å². The van der Waals surface area contributed by atoms with Crippen LogP contribution in [-0.4, -0.2) is 15.1 Å². The first-order valence-electron chi connectivity index (χ1n) is 6.66. The van der Waals surface area contributed by atoms with Gasteiger partial charge in [0, 0.05) is 23.0 Å². The standard InChI is InChI=1S/C17H16N2O/c1-11-16(12(2)20)10-18-17(19-11)15-9-5-7-13-6-3-4-8-14(13)15/h3-10,12,20H,1-2H3/t12-/m0/s1. The van der Waals surface area contributed by atoms with Gasteiger partial charge < -0.3 is 5.11 Å². The molecule has 1 heterocycles. The van der Waals surface area contributed by atoms with E-state index in [4.69, 9.17) is 0 Å². The molecule has 0 aliphatic heterocycles. The third-order valence-electron chi connectivity index (χ3n) is 3.50. The summed E-state index contributed by atoms with van der Waals surface area (Å²) in [5, 5.41) is 12.0. The summed E-state index contributed by atoms with van der Waals surface area (Å²) >= 11 is 0. The van der Waals surface area contributed by atoms with Crippen molar-refractivity contribution in [3.05, 3.63) is 59.9 Å². The van der Waals surface area contributed by atoms with Crippen molar-refractivity contribution < 1.29 is 5.11 Å². The van der Waals surface area contributed by atoms with Gasteiger partial charge in [0.1, 0.15) is 0 Å². The highest BCUT2D eigenvalue weighted by Gasteiger charge is 2.11. The quantitative estimate of drug-likeness (QED) is 0.768. The van der Waals surface area contributed by atoms with Gasteiger partial charge >= 0.3 is 0 Å². The zero-order valence-electron chi connectivity index (χ0n) is 11.5. The maximum atomic E-state index is 9.66. The Bertz CT molecular complexity index is 761. The highest BCUT2D eigenvalue weighted by Crippen LogP contribution is 2.27. The Balaban J connectivity index is 2.19. The number of nitrogens with zero attached hydrogens (tertiary/aromatic N) is 2. The van der Waals surface area contributed by atoms with Crippen LogP contribution in [0.3, 0.4) is 0 Å². The lowest BCUT2D eigenvalue weighted by Crippen LogP contribution is -2.01. The van der Waals surface area contributed by atoms with E-state index >= 15 is 0 Å². The lowest BCUT2D eigenvalue weighted by molar-refractivity contribution is 0.197. The van der Waals surface area contributed by atoms with Crippen LogP contribution >= 0.6 is 0 Å². The maximum absolute atomic E-state index is 9.66. The van der Waals surface area contributed by atoms with E-state index in [1.54, 1.807) is 13.1 Å². The number of aliphatic hydroxyl groups is 1. The predicted molar refractivity (Wildman–Crippen MR) is 80.3 cm³/mol. The predicted octanol–water partition coefficient (Wildman–Crippen LogP) is 3.66. The van der Waals surface area contributed by atoms with Gasteiger partial charge in [-0.05, 0) is 24.6 Å². The molecule has 3 rings (SSSR count). The minimum absolute atomic E-state index is 0.545. The topological polar surface area (TPSA) is 46.0 Å². The fraction of sp³-hybridized carbons (Fsp3) is 0.176. The normalized spacial score (nSPS) is 12.6. The summed E-state index contributed by atoms with van der Waals surface area (Å²) in [6.45, 7) is 3.63. The molecule has 0 aliphatic rings. The largest absolute Gasteiger partial charge is 0.389 e. The van der Waals surface area contributed by atoms with Crippen molar-refractivity contribution in [2.45, 2.75) is 20.0 Å². The van der Waals surface area contributed by atoms with Crippen molar-refractivity contribution in [2.75, 3.05) is 0 Å². The molecule has 0 saturated carbocycles. The summed E-state index contributed by atoms with van der Waals surface area (Å²) in [6, 6.07) is 14.3. The van der Waals surface area contributed by atoms with Crippen molar-refractivity contribution in [2.24, 2.45) is 0 Å². The van der Waals surface area contributed by atoms with Crippen molar-refractivity contribution in [1.82, 2.24) is 9.97 Å². The van der Waals surface area contributed by atoms with Gasteiger partial charge in [-0.15, -0.1) is 0 Å². The number of hydrogen-bond acceptors (Lipinski definition) is 3. The number of aryl methyl sites for hydroxylation is 1. The number of benzene rings is 2. The number of aromatic nitrogens is 2. The van der Waals surface area contributed by atoms with Gasteiger partial charge in [0.25, 0.3) is 0 Å². The lowest BCUT2D eigenvalue weighted by Gasteiger charge is -2.10. The van der Waals surface area contributed by atoms with E-state index in [1.807, 2.05) is 31.2 Å². The van der Waals surface area contributed by atoms with Crippen LogP contribution in [0.5, 0.6) is 0 Å². The van der Waals surface area contributed by atoms with Gasteiger partial charge in [-0.2, -0.15) is 0 Å². The Labute approximate surface area is 117 Å². The van der Waals surface area contributed by atoms with Crippen LogP contribution in [0.1, 0.15) is 24.3 Å². The van der Waals surface area contributed by atoms with Crippen molar-refractivity contribution in [3.8, 4) is 11.4 Å². The van der Waals surface area contributed by atoms with Gasteiger partial charge in [0.15, 0.2) is 5.82 Å². The molecule has 0 unspecified atom stereocenters. The van der Waals surface area contributed by atoms with E-state index in [0.717, 1.165) is 22.2 Å². The molecule has 0 spiro atoms. The molecule has 100 valence electrons. The Morgan fingerprint density at radius 3 is 2.55 bits per heavy atom. The van der Waals surface area contributed by atoms with E-state index in [1.165, 1.54) is 5.39 Å². The molecular formula is C17H16N2O. The zero-order chi connectivity index (χ0) is 14.1. The number of hydrogen-bond donors (Lipinski definition) is 1. The van der Waals surface area contributed by atoms with E-state index in [0.29, 0.717) is 5.82 Å². The van der Waals surface area contributed by atoms with Gasteiger partial charge in [-0.1, -0.05) is 42.5 Å². The SMILES string of the molecule is Cc1nc(-c2cccc3ccccc23)ncc1[C@H](C)O. The van der Waals surface area contributed by atoms with E-state index < -0.39 is 6.10 Å². The molecule has 1 aromatic heterocycles. The molecule has 0 amide bonds. The summed E-state index contributed by atoms with van der Waals surface area (Å²) in [7, 11) is 0. The number of rotatable bonds is 2. The Kier molecular flexibility index (Phi) is 3.20. The molecule has 3 heteroatoms. The molecule has 0 aliphatic carbocycles. The smallest absolute Gasteiger partial charge is 0.159 e. The van der Waals surface area contributed by atoms with Crippen LogP contribution in [0.4, 0.5) is 0 Å². The van der Waals surface area contributed by atoms with E-state index in [-0.39, 0.29) is 0 Å². The summed E-state index contributed by atoms with van der Waals surface area (Å²) in [4.78, 5) is 8.95. The van der Waals surface area contributed by atoms with Gasteiger partial charge in [-0.3, -0.25) is 0 Å². The number of fused-ring (bicyclic) bond motifs is 1. The van der Waals surface area contributed by atoms with Crippen LogP contribution < -0.4 is 0 Å². The minimum Gasteiger partial charge on any atom is -0.389 e. The molecule has 0 bridgehead atoms. The molecule has 0 fully saturated rings. The van der Waals surface area contributed by atoms with Crippen molar-refractivity contribution in [3.63, 3.8) is 0 Å². The lowest BCUT2D eigenvalue weighted by atomic mass is 10.0. The zero-order valence-corrected chi connectivity index (χ0v) is 11.5. The van der Waals surface area contributed by atoms with Gasteiger partial charge in [0.2, 0.25) is 0 Å². The molecular weight excluding hydrogens is 248 g/mol. The fourth-order valence-corrected chi connectivity index (χ4v) is 2.44. The number of aliphatic hydroxyl groups excluding tert-OH is 1. The Morgan fingerprint density at radius 2 is 1.80 bits per heavy atom. The summed E-state index contributed by atoms with van der Waals surface area (Å²) < 4.78 is 0. The Morgan fingerprint density at radius 1 is 1.05 bits per heavy atom. The maximum Gasteiger partial charge on any atom is 0.159 e. The molecule has 3 nitrogen and oxygen atoms in total. The van der Waals surface area contributed by atoms with Crippen LogP contribution in [-0.2, 0) is 0 Å². The monoisotopic (exact) mass is 264 g/mol. The highest BCUT2D eigenvalue weighted by atomic mass is 16.3.